The third-order valence-corrected chi connectivity index (χ3v) is 4.46. The Balaban J connectivity index is 1.93. The first-order chi connectivity index (χ1) is 7.79. The summed E-state index contributed by atoms with van der Waals surface area (Å²) in [5.41, 5.74) is 6.33. The Labute approximate surface area is 101 Å². The van der Waals surface area contributed by atoms with Crippen molar-refractivity contribution in [2.24, 2.45) is 11.7 Å². The number of hydrogen-bond donors (Lipinski definition) is 1. The van der Waals surface area contributed by atoms with E-state index in [1.807, 2.05) is 12.1 Å². The molecule has 0 aromatic heterocycles. The highest BCUT2D eigenvalue weighted by Crippen LogP contribution is 2.32. The van der Waals surface area contributed by atoms with Gasteiger partial charge in [-0.25, -0.2) is 4.39 Å². The van der Waals surface area contributed by atoms with Gasteiger partial charge < -0.3 is 5.73 Å². The maximum atomic E-state index is 13.6. The van der Waals surface area contributed by atoms with Crippen molar-refractivity contribution in [1.82, 2.24) is 0 Å². The highest BCUT2D eigenvalue weighted by Gasteiger charge is 2.15. The van der Waals surface area contributed by atoms with Crippen molar-refractivity contribution in [2.75, 3.05) is 5.75 Å². The lowest BCUT2D eigenvalue weighted by Gasteiger charge is -2.09. The van der Waals surface area contributed by atoms with Crippen molar-refractivity contribution in [2.45, 2.75) is 37.1 Å². The standard InChI is InChI=1S/C13H18FNS/c14-12-7-11(8-15)5-6-13(12)16-9-10-3-1-2-4-10/h5-7,10H,1-4,8-9,15H2. The predicted molar refractivity (Wildman–Crippen MR) is 67.0 cm³/mol. The fourth-order valence-electron chi connectivity index (χ4n) is 2.17. The molecule has 1 saturated carbocycles. The number of halogens is 1. The van der Waals surface area contributed by atoms with Gasteiger partial charge in [0.15, 0.2) is 0 Å². The molecule has 2 rings (SSSR count). The monoisotopic (exact) mass is 239 g/mol. The molecule has 1 nitrogen and oxygen atoms in total. The van der Waals surface area contributed by atoms with E-state index in [0.717, 1.165) is 22.1 Å². The molecule has 0 aliphatic heterocycles. The van der Waals surface area contributed by atoms with Gasteiger partial charge in [0.1, 0.15) is 5.82 Å². The zero-order valence-corrected chi connectivity index (χ0v) is 10.2. The van der Waals surface area contributed by atoms with Crippen LogP contribution in [0.5, 0.6) is 0 Å². The zero-order chi connectivity index (χ0) is 11.4. The van der Waals surface area contributed by atoms with Gasteiger partial charge in [-0.1, -0.05) is 18.9 Å². The molecule has 0 saturated heterocycles. The summed E-state index contributed by atoms with van der Waals surface area (Å²) in [6.07, 6.45) is 5.32. The normalized spacial score (nSPS) is 16.9. The molecule has 0 heterocycles. The highest BCUT2D eigenvalue weighted by atomic mass is 32.2. The highest BCUT2D eigenvalue weighted by molar-refractivity contribution is 7.99. The van der Waals surface area contributed by atoms with E-state index in [-0.39, 0.29) is 5.82 Å². The Morgan fingerprint density at radius 3 is 2.69 bits per heavy atom. The largest absolute Gasteiger partial charge is 0.326 e. The van der Waals surface area contributed by atoms with Crippen LogP contribution in [0.25, 0.3) is 0 Å². The van der Waals surface area contributed by atoms with Gasteiger partial charge in [-0.05, 0) is 36.5 Å². The number of nitrogens with two attached hydrogens (primary N) is 1. The first-order valence-corrected chi connectivity index (χ1v) is 6.89. The molecule has 1 aromatic carbocycles. The van der Waals surface area contributed by atoms with Gasteiger partial charge in [0.05, 0.1) is 0 Å². The third kappa shape index (κ3) is 2.98. The minimum Gasteiger partial charge on any atom is -0.326 e. The summed E-state index contributed by atoms with van der Waals surface area (Å²) in [6, 6.07) is 5.33. The molecular weight excluding hydrogens is 221 g/mol. The maximum absolute atomic E-state index is 13.6. The van der Waals surface area contributed by atoms with Crippen molar-refractivity contribution >= 4 is 11.8 Å². The lowest BCUT2D eigenvalue weighted by Crippen LogP contribution is -1.99. The summed E-state index contributed by atoms with van der Waals surface area (Å²) >= 11 is 1.65. The Bertz CT molecular complexity index is 348. The van der Waals surface area contributed by atoms with Crippen LogP contribution < -0.4 is 5.73 Å². The van der Waals surface area contributed by atoms with Crippen LogP contribution in [0.1, 0.15) is 31.2 Å². The molecule has 2 N–H and O–H groups in total. The van der Waals surface area contributed by atoms with Gasteiger partial charge in [-0.15, -0.1) is 11.8 Å². The quantitative estimate of drug-likeness (QED) is 0.813. The lowest BCUT2D eigenvalue weighted by atomic mass is 10.1. The van der Waals surface area contributed by atoms with E-state index in [1.165, 1.54) is 25.7 Å². The van der Waals surface area contributed by atoms with E-state index in [1.54, 1.807) is 17.8 Å². The molecular formula is C13H18FNS. The minimum atomic E-state index is -0.119. The summed E-state index contributed by atoms with van der Waals surface area (Å²) in [7, 11) is 0. The summed E-state index contributed by atoms with van der Waals surface area (Å²) in [5, 5.41) is 0. The summed E-state index contributed by atoms with van der Waals surface area (Å²) in [6.45, 7) is 0.407. The topological polar surface area (TPSA) is 26.0 Å². The molecule has 1 aliphatic rings. The smallest absolute Gasteiger partial charge is 0.137 e. The molecule has 1 fully saturated rings. The first kappa shape index (κ1) is 11.9. The van der Waals surface area contributed by atoms with E-state index >= 15 is 0 Å². The van der Waals surface area contributed by atoms with Crippen LogP contribution in [-0.2, 0) is 6.54 Å². The van der Waals surface area contributed by atoms with Gasteiger partial charge >= 0.3 is 0 Å². The predicted octanol–water partition coefficient (Wildman–Crippen LogP) is 3.57. The Morgan fingerprint density at radius 1 is 1.31 bits per heavy atom. The third-order valence-electron chi connectivity index (χ3n) is 3.18. The lowest BCUT2D eigenvalue weighted by molar-refractivity contribution is 0.596. The molecule has 1 aromatic rings. The van der Waals surface area contributed by atoms with Crippen LogP contribution in [0, 0.1) is 11.7 Å². The van der Waals surface area contributed by atoms with Crippen molar-refractivity contribution in [3.63, 3.8) is 0 Å². The van der Waals surface area contributed by atoms with Gasteiger partial charge in [-0.3, -0.25) is 0 Å². The molecule has 0 bridgehead atoms. The molecule has 3 heteroatoms. The number of rotatable bonds is 4. The molecule has 0 radical (unpaired) electrons. The summed E-state index contributed by atoms with van der Waals surface area (Å²) < 4.78 is 13.6. The number of benzene rings is 1. The Morgan fingerprint density at radius 2 is 2.06 bits per heavy atom. The summed E-state index contributed by atoms with van der Waals surface area (Å²) in [4.78, 5) is 0.768. The summed E-state index contributed by atoms with van der Waals surface area (Å²) in [5.74, 6) is 1.73. The molecule has 0 spiro atoms. The molecule has 0 atom stereocenters. The van der Waals surface area contributed by atoms with E-state index in [9.17, 15) is 4.39 Å². The van der Waals surface area contributed by atoms with Crippen molar-refractivity contribution in [3.05, 3.63) is 29.6 Å². The van der Waals surface area contributed by atoms with Crippen molar-refractivity contribution < 1.29 is 4.39 Å². The average Bonchev–Trinajstić information content (AvgIpc) is 2.80. The molecule has 0 unspecified atom stereocenters. The van der Waals surface area contributed by atoms with E-state index in [4.69, 9.17) is 5.73 Å². The average molecular weight is 239 g/mol. The second-order valence-corrected chi connectivity index (χ2v) is 5.49. The van der Waals surface area contributed by atoms with E-state index in [2.05, 4.69) is 0 Å². The van der Waals surface area contributed by atoms with Gasteiger partial charge in [0, 0.05) is 17.2 Å². The van der Waals surface area contributed by atoms with Crippen molar-refractivity contribution in [3.8, 4) is 0 Å². The fraction of sp³-hybridized carbons (Fsp3) is 0.538. The van der Waals surface area contributed by atoms with Crippen LogP contribution in [-0.4, -0.2) is 5.75 Å². The molecule has 1 aliphatic carbocycles. The Hall–Kier alpha value is -0.540. The van der Waals surface area contributed by atoms with Crippen LogP contribution in [0.2, 0.25) is 0 Å². The number of thioether (sulfide) groups is 1. The molecule has 0 amide bonds. The van der Waals surface area contributed by atoms with Crippen molar-refractivity contribution in [1.29, 1.82) is 0 Å². The van der Waals surface area contributed by atoms with Crippen LogP contribution in [0.3, 0.4) is 0 Å². The van der Waals surface area contributed by atoms with E-state index < -0.39 is 0 Å². The van der Waals surface area contributed by atoms with Crippen LogP contribution in [0.15, 0.2) is 23.1 Å². The first-order valence-electron chi connectivity index (χ1n) is 5.91. The molecule has 16 heavy (non-hydrogen) atoms. The second-order valence-electron chi connectivity index (χ2n) is 4.43. The molecule has 88 valence electrons. The van der Waals surface area contributed by atoms with Gasteiger partial charge in [-0.2, -0.15) is 0 Å². The SMILES string of the molecule is NCc1ccc(SCC2CCCC2)c(F)c1. The van der Waals surface area contributed by atoms with Gasteiger partial charge in [0.25, 0.3) is 0 Å². The van der Waals surface area contributed by atoms with Crippen LogP contribution >= 0.6 is 11.8 Å². The minimum absolute atomic E-state index is 0.119. The Kier molecular flexibility index (Phi) is 4.24. The number of hydrogen-bond acceptors (Lipinski definition) is 2. The van der Waals surface area contributed by atoms with E-state index in [0.29, 0.717) is 6.54 Å². The maximum Gasteiger partial charge on any atom is 0.137 e. The zero-order valence-electron chi connectivity index (χ0n) is 9.42. The van der Waals surface area contributed by atoms with Gasteiger partial charge in [0.2, 0.25) is 0 Å². The van der Waals surface area contributed by atoms with Crippen LogP contribution in [0.4, 0.5) is 4.39 Å². The fourth-order valence-corrected chi connectivity index (χ4v) is 3.28. The second kappa shape index (κ2) is 5.69.